The number of nitrogens with one attached hydrogen (secondary N) is 2. The summed E-state index contributed by atoms with van der Waals surface area (Å²) < 4.78 is 51.7. The number of H-pyrrole nitrogens is 1. The molecule has 0 radical (unpaired) electrons. The van der Waals surface area contributed by atoms with Crippen LogP contribution in [0.25, 0.3) is 0 Å². The molecular weight excluding hydrogens is 579 g/mol. The zero-order valence-electron chi connectivity index (χ0n) is 19.0. The molecule has 1 amide bonds. The number of nitrogens with zero attached hydrogens (tertiary/aromatic N) is 1. The Hall–Kier alpha value is -2.40. The van der Waals surface area contributed by atoms with Crippen LogP contribution in [-0.4, -0.2) is 65.5 Å². The molecule has 18 nitrogen and oxygen atoms in total. The molecule has 38 heavy (non-hydrogen) atoms. The molecule has 2 unspecified atom stereocenters. The number of aliphatic hydroxyl groups is 1. The Balaban J connectivity index is 2.05. The van der Waals surface area contributed by atoms with E-state index >= 15 is 0 Å². The SMILES string of the molecule is C#CCCC(=O)NCC#Cc1cn([C@H]2C[C@@H](O)[C@@H](COP(=O)(O)OP(=O)(O)OP(=O)(O)O)O2)c(=O)[nH]c1=O. The molecule has 210 valence electrons. The number of rotatable bonds is 11. The van der Waals surface area contributed by atoms with Gasteiger partial charge in [0.1, 0.15) is 17.9 Å². The standard InChI is InChI=1S/C17H22N3O15P3/c1-2-3-6-14(22)18-7-4-5-11-9-20(17(24)19-16(11)23)15-8-12(21)13(33-15)10-32-37(28,29)35-38(30,31)34-36(25,26)27/h1,9,12-13,15,21H,3,6-8,10H2,(H,18,22)(H,28,29)(H,30,31)(H,19,23,24)(H2,25,26,27)/t12-,13-,15-/m1/s1. The van der Waals surface area contributed by atoms with Crippen LogP contribution in [0.1, 0.15) is 31.1 Å². The van der Waals surface area contributed by atoms with Crippen LogP contribution in [0, 0.1) is 24.2 Å². The van der Waals surface area contributed by atoms with E-state index in [9.17, 15) is 38.1 Å². The molecule has 5 atom stereocenters. The Morgan fingerprint density at radius 2 is 1.89 bits per heavy atom. The highest BCUT2D eigenvalue weighted by Gasteiger charge is 2.43. The lowest BCUT2D eigenvalue weighted by Gasteiger charge is -2.19. The maximum atomic E-state index is 12.3. The molecule has 1 fully saturated rings. The van der Waals surface area contributed by atoms with Crippen molar-refractivity contribution >= 4 is 29.4 Å². The van der Waals surface area contributed by atoms with Gasteiger partial charge >= 0.3 is 29.2 Å². The molecule has 0 aromatic carbocycles. The summed E-state index contributed by atoms with van der Waals surface area (Å²) in [5.41, 5.74) is -1.99. The van der Waals surface area contributed by atoms with Crippen LogP contribution in [-0.2, 0) is 36.4 Å². The number of aromatic nitrogens is 2. The fourth-order valence-electron chi connectivity index (χ4n) is 2.85. The van der Waals surface area contributed by atoms with Crippen LogP contribution in [0.4, 0.5) is 0 Å². The average Bonchev–Trinajstić information content (AvgIpc) is 3.12. The fourth-order valence-corrected chi connectivity index (χ4v) is 5.88. The minimum atomic E-state index is -5.74. The lowest BCUT2D eigenvalue weighted by molar-refractivity contribution is -0.120. The summed E-state index contributed by atoms with van der Waals surface area (Å²) in [5, 5.41) is 12.6. The van der Waals surface area contributed by atoms with Crippen molar-refractivity contribution in [3.63, 3.8) is 0 Å². The van der Waals surface area contributed by atoms with E-state index in [1.54, 1.807) is 0 Å². The molecule has 1 saturated heterocycles. The van der Waals surface area contributed by atoms with Crippen LogP contribution in [0.5, 0.6) is 0 Å². The van der Waals surface area contributed by atoms with Gasteiger partial charge in [-0.05, 0) is 0 Å². The zero-order valence-corrected chi connectivity index (χ0v) is 21.7. The Labute approximate surface area is 213 Å². The van der Waals surface area contributed by atoms with Gasteiger partial charge in [0.25, 0.3) is 5.56 Å². The van der Waals surface area contributed by atoms with E-state index in [4.69, 9.17) is 25.8 Å². The van der Waals surface area contributed by atoms with Gasteiger partial charge in [0, 0.05) is 25.5 Å². The van der Waals surface area contributed by atoms with Gasteiger partial charge in [-0.2, -0.15) is 8.62 Å². The number of phosphoric acid groups is 3. The van der Waals surface area contributed by atoms with Gasteiger partial charge in [-0.3, -0.25) is 23.7 Å². The first-order valence-corrected chi connectivity index (χ1v) is 14.7. The summed E-state index contributed by atoms with van der Waals surface area (Å²) in [6, 6.07) is 0. The van der Waals surface area contributed by atoms with E-state index in [0.29, 0.717) is 0 Å². The van der Waals surface area contributed by atoms with Gasteiger partial charge in [-0.25, -0.2) is 18.5 Å². The van der Waals surface area contributed by atoms with Crippen LogP contribution in [0.15, 0.2) is 15.8 Å². The van der Waals surface area contributed by atoms with Crippen molar-refractivity contribution in [3.8, 4) is 24.2 Å². The number of hydrogen-bond acceptors (Lipinski definition) is 11. The predicted octanol–water partition coefficient (Wildman–Crippen LogP) is -1.59. The number of aromatic amines is 1. The molecule has 0 bridgehead atoms. The van der Waals surface area contributed by atoms with Crippen molar-refractivity contribution in [1.82, 2.24) is 14.9 Å². The number of hydrogen-bond donors (Lipinski definition) is 7. The quantitative estimate of drug-likeness (QED) is 0.111. The molecule has 1 aromatic heterocycles. The second-order valence-corrected chi connectivity index (χ2v) is 11.7. The smallest absolute Gasteiger partial charge is 0.390 e. The first kappa shape index (κ1) is 31.8. The number of carbonyl (C=O) groups is 1. The van der Waals surface area contributed by atoms with E-state index in [1.165, 1.54) is 0 Å². The van der Waals surface area contributed by atoms with Gasteiger partial charge in [0.15, 0.2) is 0 Å². The van der Waals surface area contributed by atoms with Crippen molar-refractivity contribution in [2.24, 2.45) is 0 Å². The van der Waals surface area contributed by atoms with Crippen LogP contribution in [0.3, 0.4) is 0 Å². The van der Waals surface area contributed by atoms with E-state index in [0.717, 1.165) is 10.8 Å². The lowest BCUT2D eigenvalue weighted by atomic mass is 10.2. The summed E-state index contributed by atoms with van der Waals surface area (Å²) >= 11 is 0. The maximum absolute atomic E-state index is 12.3. The molecular formula is C17H22N3O15P3. The summed E-state index contributed by atoms with van der Waals surface area (Å²) in [4.78, 5) is 73.6. The molecule has 0 saturated carbocycles. The highest BCUT2D eigenvalue weighted by atomic mass is 31.3. The van der Waals surface area contributed by atoms with E-state index < -0.39 is 59.8 Å². The third-order valence-electron chi connectivity index (χ3n) is 4.39. The molecule has 2 heterocycles. The van der Waals surface area contributed by atoms with E-state index in [1.807, 2.05) is 4.98 Å². The Morgan fingerprint density at radius 1 is 1.21 bits per heavy atom. The molecule has 0 spiro atoms. The molecule has 21 heteroatoms. The molecule has 0 aliphatic carbocycles. The number of ether oxygens (including phenoxy) is 1. The van der Waals surface area contributed by atoms with Gasteiger partial charge in [-0.15, -0.1) is 12.3 Å². The number of aliphatic hydroxyl groups excluding tert-OH is 1. The van der Waals surface area contributed by atoms with Crippen molar-refractivity contribution < 1.29 is 61.1 Å². The Kier molecular flexibility index (Phi) is 11.0. The first-order chi connectivity index (χ1) is 17.5. The normalized spacial score (nSPS) is 22.4. The zero-order chi connectivity index (χ0) is 28.7. The van der Waals surface area contributed by atoms with Crippen molar-refractivity contribution in [1.29, 1.82) is 0 Å². The van der Waals surface area contributed by atoms with Gasteiger partial charge in [0.05, 0.1) is 19.3 Å². The second kappa shape index (κ2) is 13.1. The maximum Gasteiger partial charge on any atom is 0.490 e. The summed E-state index contributed by atoms with van der Waals surface area (Å²) in [6.07, 6.45) is 2.08. The largest absolute Gasteiger partial charge is 0.490 e. The number of amides is 1. The highest BCUT2D eigenvalue weighted by Crippen LogP contribution is 2.66. The summed E-state index contributed by atoms with van der Waals surface area (Å²) in [7, 11) is -16.8. The highest BCUT2D eigenvalue weighted by molar-refractivity contribution is 7.66. The summed E-state index contributed by atoms with van der Waals surface area (Å²) in [6.45, 7) is -1.07. The summed E-state index contributed by atoms with van der Waals surface area (Å²) in [5.74, 6) is 6.93. The minimum absolute atomic E-state index is 0.0915. The van der Waals surface area contributed by atoms with Crippen LogP contribution >= 0.6 is 23.5 Å². The molecule has 1 aliphatic rings. The third-order valence-corrected chi connectivity index (χ3v) is 8.20. The monoisotopic (exact) mass is 601 g/mol. The van der Waals surface area contributed by atoms with E-state index in [2.05, 4.69) is 36.2 Å². The lowest BCUT2D eigenvalue weighted by Crippen LogP contribution is -2.33. The van der Waals surface area contributed by atoms with Crippen molar-refractivity contribution in [2.45, 2.75) is 37.7 Å². The van der Waals surface area contributed by atoms with Crippen molar-refractivity contribution in [3.05, 3.63) is 32.6 Å². The molecule has 2 rings (SSSR count). The first-order valence-electron chi connectivity index (χ1n) is 10.2. The van der Waals surface area contributed by atoms with Crippen LogP contribution < -0.4 is 16.6 Å². The minimum Gasteiger partial charge on any atom is -0.390 e. The van der Waals surface area contributed by atoms with Gasteiger partial charge < -0.3 is 34.7 Å². The Morgan fingerprint density at radius 3 is 2.53 bits per heavy atom. The van der Waals surface area contributed by atoms with Gasteiger partial charge in [0.2, 0.25) is 5.91 Å². The van der Waals surface area contributed by atoms with E-state index in [-0.39, 0.29) is 37.3 Å². The number of carbonyl (C=O) groups excluding carboxylic acids is 1. The molecule has 7 N–H and O–H groups in total. The second-order valence-electron chi connectivity index (χ2n) is 7.31. The number of terminal acetylenes is 1. The molecule has 1 aliphatic heterocycles. The molecule has 1 aromatic rings. The van der Waals surface area contributed by atoms with Gasteiger partial charge in [-0.1, -0.05) is 11.8 Å². The fraction of sp³-hybridized carbons (Fsp3) is 0.471. The number of phosphoric ester groups is 1. The Bertz CT molecular complexity index is 1400. The predicted molar refractivity (Wildman–Crippen MR) is 124 cm³/mol. The third kappa shape index (κ3) is 10.4. The van der Waals surface area contributed by atoms with Crippen LogP contribution in [0.2, 0.25) is 0 Å². The average molecular weight is 601 g/mol. The topological polar surface area (TPSA) is 273 Å². The van der Waals surface area contributed by atoms with Crippen molar-refractivity contribution in [2.75, 3.05) is 13.2 Å².